The van der Waals surface area contributed by atoms with E-state index in [1.54, 1.807) is 55.5 Å². The summed E-state index contributed by atoms with van der Waals surface area (Å²) in [6.07, 6.45) is -0.723. The first kappa shape index (κ1) is 14.2. The topological polar surface area (TPSA) is 44.8 Å². The van der Waals surface area contributed by atoms with Crippen molar-refractivity contribution in [1.29, 1.82) is 0 Å². The minimum atomic E-state index is -0.723. The molecular weight excluding hydrogens is 280 g/mol. The highest BCUT2D eigenvalue weighted by Crippen LogP contribution is 2.25. The van der Waals surface area contributed by atoms with Gasteiger partial charge in [0.15, 0.2) is 0 Å². The fourth-order valence-electron chi connectivity index (χ4n) is 1.46. The summed E-state index contributed by atoms with van der Waals surface area (Å²) in [7, 11) is 0. The van der Waals surface area contributed by atoms with E-state index in [4.69, 9.17) is 21.1 Å². The molecule has 0 radical (unpaired) electrons. The van der Waals surface area contributed by atoms with Gasteiger partial charge in [0, 0.05) is 5.02 Å². The van der Waals surface area contributed by atoms with Crippen LogP contribution in [0, 0.1) is 0 Å². The van der Waals surface area contributed by atoms with E-state index in [1.807, 2.05) is 0 Å². The fourth-order valence-corrected chi connectivity index (χ4v) is 1.58. The van der Waals surface area contributed by atoms with Crippen LogP contribution in [-0.4, -0.2) is 12.8 Å². The average Bonchev–Trinajstić information content (AvgIpc) is 2.44. The van der Waals surface area contributed by atoms with Crippen LogP contribution in [0.3, 0.4) is 0 Å². The van der Waals surface area contributed by atoms with Gasteiger partial charge >= 0.3 is 6.16 Å². The Morgan fingerprint density at radius 1 is 0.950 bits per heavy atom. The Morgan fingerprint density at radius 2 is 1.45 bits per heavy atom. The molecule has 2 rings (SSSR count). The van der Waals surface area contributed by atoms with Crippen LogP contribution in [0.5, 0.6) is 17.2 Å². The van der Waals surface area contributed by atoms with Crippen molar-refractivity contribution in [2.24, 2.45) is 0 Å². The molecule has 4 nitrogen and oxygen atoms in total. The Bertz CT molecular complexity index is 563. The normalized spacial score (nSPS) is 9.90. The Kier molecular flexibility index (Phi) is 4.85. The Labute approximate surface area is 121 Å². The van der Waals surface area contributed by atoms with Gasteiger partial charge in [0.05, 0.1) is 6.61 Å². The van der Waals surface area contributed by atoms with Crippen molar-refractivity contribution in [2.75, 3.05) is 6.61 Å². The van der Waals surface area contributed by atoms with Gasteiger partial charge in [-0.1, -0.05) is 11.6 Å². The highest BCUT2D eigenvalue weighted by molar-refractivity contribution is 6.30. The number of ether oxygens (including phenoxy) is 3. The second-order valence-corrected chi connectivity index (χ2v) is 4.25. The van der Waals surface area contributed by atoms with Crippen LogP contribution in [-0.2, 0) is 4.74 Å². The summed E-state index contributed by atoms with van der Waals surface area (Å²) in [5.74, 6) is 1.70. The summed E-state index contributed by atoms with van der Waals surface area (Å²) in [5, 5.41) is 0.649. The molecule has 0 aliphatic rings. The largest absolute Gasteiger partial charge is 0.513 e. The van der Waals surface area contributed by atoms with Gasteiger partial charge in [-0.25, -0.2) is 4.79 Å². The smallest absolute Gasteiger partial charge is 0.457 e. The molecule has 0 amide bonds. The molecule has 0 aliphatic heterocycles. The van der Waals surface area contributed by atoms with Crippen molar-refractivity contribution >= 4 is 17.8 Å². The molecule has 0 saturated carbocycles. The van der Waals surface area contributed by atoms with E-state index in [2.05, 4.69) is 4.74 Å². The number of carbonyl (C=O) groups is 1. The first-order valence-corrected chi connectivity index (χ1v) is 6.43. The Balaban J connectivity index is 1.97. The van der Waals surface area contributed by atoms with Gasteiger partial charge in [-0.2, -0.15) is 0 Å². The molecule has 0 aromatic heterocycles. The molecule has 0 unspecified atom stereocenters. The van der Waals surface area contributed by atoms with Crippen molar-refractivity contribution in [3.05, 3.63) is 53.6 Å². The van der Waals surface area contributed by atoms with Gasteiger partial charge in [-0.3, -0.25) is 0 Å². The molecule has 2 aromatic carbocycles. The number of hydrogen-bond donors (Lipinski definition) is 0. The van der Waals surface area contributed by atoms with Crippen molar-refractivity contribution < 1.29 is 19.0 Å². The third-order valence-electron chi connectivity index (χ3n) is 2.34. The number of halogens is 1. The molecule has 104 valence electrons. The lowest BCUT2D eigenvalue weighted by molar-refractivity contribution is 0.104. The highest BCUT2D eigenvalue weighted by atomic mass is 35.5. The Hall–Kier alpha value is -2.20. The molecule has 0 bridgehead atoms. The highest BCUT2D eigenvalue weighted by Gasteiger charge is 2.05. The first-order chi connectivity index (χ1) is 9.67. The molecule has 0 atom stereocenters. The van der Waals surface area contributed by atoms with Gasteiger partial charge in [-0.05, 0) is 55.5 Å². The molecule has 5 heteroatoms. The molecular formula is C15H13ClO4. The second-order valence-electron chi connectivity index (χ2n) is 3.81. The zero-order chi connectivity index (χ0) is 14.4. The van der Waals surface area contributed by atoms with Gasteiger partial charge < -0.3 is 14.2 Å². The van der Waals surface area contributed by atoms with Crippen LogP contribution in [0.25, 0.3) is 0 Å². The standard InChI is InChI=1S/C15H13ClO4/c1-2-18-15(17)20-14-9-7-13(8-10-14)19-12-5-3-11(16)4-6-12/h3-10H,2H2,1H3. The van der Waals surface area contributed by atoms with Crippen molar-refractivity contribution in [2.45, 2.75) is 6.92 Å². The summed E-state index contributed by atoms with van der Waals surface area (Å²) >= 11 is 5.79. The van der Waals surface area contributed by atoms with Gasteiger partial charge in [0.2, 0.25) is 0 Å². The molecule has 0 fully saturated rings. The van der Waals surface area contributed by atoms with Gasteiger partial charge in [0.1, 0.15) is 17.2 Å². The summed E-state index contributed by atoms with van der Waals surface area (Å²) in [4.78, 5) is 11.1. The SMILES string of the molecule is CCOC(=O)Oc1ccc(Oc2ccc(Cl)cc2)cc1. The number of rotatable bonds is 4. The van der Waals surface area contributed by atoms with E-state index in [-0.39, 0.29) is 6.61 Å². The second kappa shape index (κ2) is 6.82. The lowest BCUT2D eigenvalue weighted by Gasteiger charge is -2.07. The van der Waals surface area contributed by atoms with Crippen LogP contribution in [0.2, 0.25) is 5.02 Å². The van der Waals surface area contributed by atoms with E-state index in [0.29, 0.717) is 22.3 Å². The maximum Gasteiger partial charge on any atom is 0.513 e. The molecule has 0 N–H and O–H groups in total. The van der Waals surface area contributed by atoms with E-state index < -0.39 is 6.16 Å². The van der Waals surface area contributed by atoms with Crippen LogP contribution >= 0.6 is 11.6 Å². The summed E-state index contributed by atoms with van der Waals surface area (Å²) < 4.78 is 15.2. The third-order valence-corrected chi connectivity index (χ3v) is 2.59. The fraction of sp³-hybridized carbons (Fsp3) is 0.133. The van der Waals surface area contributed by atoms with Crippen molar-refractivity contribution in [3.63, 3.8) is 0 Å². The summed E-state index contributed by atoms with van der Waals surface area (Å²) in [6.45, 7) is 1.99. The lowest BCUT2D eigenvalue weighted by atomic mass is 10.3. The predicted molar refractivity (Wildman–Crippen MR) is 75.6 cm³/mol. The molecule has 2 aromatic rings. The minimum Gasteiger partial charge on any atom is -0.457 e. The van der Waals surface area contributed by atoms with Crippen LogP contribution in [0.4, 0.5) is 4.79 Å². The number of benzene rings is 2. The van der Waals surface area contributed by atoms with E-state index in [9.17, 15) is 4.79 Å². The van der Waals surface area contributed by atoms with E-state index in [0.717, 1.165) is 0 Å². The van der Waals surface area contributed by atoms with Crippen LogP contribution in [0.15, 0.2) is 48.5 Å². The Morgan fingerprint density at radius 3 is 2.00 bits per heavy atom. The number of carbonyl (C=O) groups excluding carboxylic acids is 1. The summed E-state index contributed by atoms with van der Waals surface area (Å²) in [5.41, 5.74) is 0. The third kappa shape index (κ3) is 4.17. The molecule has 0 spiro atoms. The van der Waals surface area contributed by atoms with Crippen molar-refractivity contribution in [1.82, 2.24) is 0 Å². The van der Waals surface area contributed by atoms with Crippen molar-refractivity contribution in [3.8, 4) is 17.2 Å². The van der Waals surface area contributed by atoms with E-state index in [1.165, 1.54) is 0 Å². The maximum absolute atomic E-state index is 11.1. The molecule has 0 aliphatic carbocycles. The zero-order valence-electron chi connectivity index (χ0n) is 10.8. The zero-order valence-corrected chi connectivity index (χ0v) is 11.6. The quantitative estimate of drug-likeness (QED) is 0.607. The molecule has 20 heavy (non-hydrogen) atoms. The maximum atomic E-state index is 11.1. The monoisotopic (exact) mass is 292 g/mol. The van der Waals surface area contributed by atoms with Crippen LogP contribution in [0.1, 0.15) is 6.92 Å². The first-order valence-electron chi connectivity index (χ1n) is 6.05. The molecule has 0 heterocycles. The lowest BCUT2D eigenvalue weighted by Crippen LogP contribution is -2.09. The minimum absolute atomic E-state index is 0.274. The summed E-state index contributed by atoms with van der Waals surface area (Å²) in [6, 6.07) is 13.7. The average molecular weight is 293 g/mol. The molecule has 0 saturated heterocycles. The van der Waals surface area contributed by atoms with Gasteiger partial charge in [-0.15, -0.1) is 0 Å². The van der Waals surface area contributed by atoms with E-state index >= 15 is 0 Å². The van der Waals surface area contributed by atoms with Gasteiger partial charge in [0.25, 0.3) is 0 Å². The number of hydrogen-bond acceptors (Lipinski definition) is 4. The predicted octanol–water partition coefficient (Wildman–Crippen LogP) is 4.67. The van der Waals surface area contributed by atoms with Crippen LogP contribution < -0.4 is 9.47 Å².